The van der Waals surface area contributed by atoms with E-state index in [1.807, 2.05) is 19.1 Å². The van der Waals surface area contributed by atoms with Gasteiger partial charge in [-0.15, -0.1) is 0 Å². The van der Waals surface area contributed by atoms with Gasteiger partial charge in [0.15, 0.2) is 5.78 Å². The van der Waals surface area contributed by atoms with Crippen molar-refractivity contribution in [2.75, 3.05) is 0 Å². The first-order valence-electron chi connectivity index (χ1n) is 6.21. The van der Waals surface area contributed by atoms with Crippen LogP contribution in [-0.4, -0.2) is 15.8 Å². The molecule has 0 N–H and O–H groups in total. The zero-order valence-corrected chi connectivity index (χ0v) is 10.9. The van der Waals surface area contributed by atoms with Crippen LogP contribution in [0.2, 0.25) is 0 Å². The second kappa shape index (κ2) is 5.09. The summed E-state index contributed by atoms with van der Waals surface area (Å²) in [7, 11) is 0. The van der Waals surface area contributed by atoms with Crippen LogP contribution < -0.4 is 0 Å². The number of pyridine rings is 1. The Labute approximate surface area is 116 Å². The van der Waals surface area contributed by atoms with Gasteiger partial charge in [-0.1, -0.05) is 12.1 Å². The van der Waals surface area contributed by atoms with E-state index in [1.54, 1.807) is 42.9 Å². The predicted molar refractivity (Wildman–Crippen MR) is 74.3 cm³/mol. The van der Waals surface area contributed by atoms with Gasteiger partial charge >= 0.3 is 0 Å². The molecule has 3 aromatic rings. The second-order valence-corrected chi connectivity index (χ2v) is 4.44. The smallest absolute Gasteiger partial charge is 0.226 e. The molecule has 2 heterocycles. The van der Waals surface area contributed by atoms with Crippen LogP contribution in [0.15, 0.2) is 59.5 Å². The number of aryl methyl sites for hydroxylation is 1. The van der Waals surface area contributed by atoms with E-state index in [2.05, 4.69) is 9.97 Å². The highest BCUT2D eigenvalue weighted by Gasteiger charge is 2.10. The lowest BCUT2D eigenvalue weighted by Crippen LogP contribution is -2.01. The van der Waals surface area contributed by atoms with Gasteiger partial charge in [0.2, 0.25) is 5.89 Å². The van der Waals surface area contributed by atoms with E-state index in [4.69, 9.17) is 4.42 Å². The van der Waals surface area contributed by atoms with Crippen molar-refractivity contribution < 1.29 is 9.21 Å². The molecule has 0 fully saturated rings. The van der Waals surface area contributed by atoms with E-state index >= 15 is 0 Å². The molecule has 0 atom stereocenters. The first-order valence-corrected chi connectivity index (χ1v) is 6.21. The van der Waals surface area contributed by atoms with E-state index in [9.17, 15) is 4.79 Å². The third-order valence-electron chi connectivity index (χ3n) is 2.94. The van der Waals surface area contributed by atoms with Gasteiger partial charge in [0.25, 0.3) is 0 Å². The number of rotatable bonds is 3. The maximum Gasteiger partial charge on any atom is 0.226 e. The molecule has 3 rings (SSSR count). The molecule has 98 valence electrons. The molecule has 0 aliphatic rings. The van der Waals surface area contributed by atoms with Crippen LogP contribution in [-0.2, 0) is 0 Å². The van der Waals surface area contributed by atoms with Crippen molar-refractivity contribution >= 4 is 5.78 Å². The fraction of sp³-hybridized carbons (Fsp3) is 0.0625. The number of carbonyl (C=O) groups excluding carboxylic acids is 1. The lowest BCUT2D eigenvalue weighted by Gasteiger charge is -2.01. The third-order valence-corrected chi connectivity index (χ3v) is 2.94. The lowest BCUT2D eigenvalue weighted by atomic mass is 10.0. The van der Waals surface area contributed by atoms with Gasteiger partial charge in [-0.05, 0) is 31.2 Å². The van der Waals surface area contributed by atoms with Gasteiger partial charge in [0, 0.05) is 29.1 Å². The Morgan fingerprint density at radius 2 is 1.90 bits per heavy atom. The SMILES string of the molecule is Cc1coc(-c2ccc(C(=O)c3cccnc3)cc2)n1. The molecule has 0 aliphatic heterocycles. The number of hydrogen-bond donors (Lipinski definition) is 0. The van der Waals surface area contributed by atoms with Crippen molar-refractivity contribution in [1.29, 1.82) is 0 Å². The molecule has 4 nitrogen and oxygen atoms in total. The summed E-state index contributed by atoms with van der Waals surface area (Å²) in [5.74, 6) is 0.510. The van der Waals surface area contributed by atoms with Gasteiger partial charge in [-0.25, -0.2) is 4.98 Å². The molecule has 0 bridgehead atoms. The number of hydrogen-bond acceptors (Lipinski definition) is 4. The van der Waals surface area contributed by atoms with Gasteiger partial charge in [-0.3, -0.25) is 9.78 Å². The maximum absolute atomic E-state index is 12.2. The number of benzene rings is 1. The average Bonchev–Trinajstić information content (AvgIpc) is 2.94. The van der Waals surface area contributed by atoms with E-state index in [0.29, 0.717) is 17.0 Å². The van der Waals surface area contributed by atoms with E-state index < -0.39 is 0 Å². The first-order chi connectivity index (χ1) is 9.74. The highest BCUT2D eigenvalue weighted by molar-refractivity contribution is 6.08. The van der Waals surface area contributed by atoms with Gasteiger partial charge in [-0.2, -0.15) is 0 Å². The lowest BCUT2D eigenvalue weighted by molar-refractivity contribution is 0.103. The monoisotopic (exact) mass is 264 g/mol. The Balaban J connectivity index is 1.88. The standard InChI is InChI=1S/C16H12N2O2/c1-11-10-20-16(18-11)13-6-4-12(5-7-13)15(19)14-3-2-8-17-9-14/h2-10H,1H3. The number of ketones is 1. The summed E-state index contributed by atoms with van der Waals surface area (Å²) in [6, 6.07) is 10.7. The molecule has 2 aromatic heterocycles. The first kappa shape index (κ1) is 12.3. The van der Waals surface area contributed by atoms with Crippen LogP contribution in [0.1, 0.15) is 21.6 Å². The molecule has 1 aromatic carbocycles. The van der Waals surface area contributed by atoms with Crippen molar-refractivity contribution in [3.63, 3.8) is 0 Å². The molecule has 0 unspecified atom stereocenters. The summed E-state index contributed by atoms with van der Waals surface area (Å²) in [4.78, 5) is 20.4. The number of nitrogens with zero attached hydrogens (tertiary/aromatic N) is 2. The van der Waals surface area contributed by atoms with Gasteiger partial charge < -0.3 is 4.42 Å². The van der Waals surface area contributed by atoms with Crippen molar-refractivity contribution in [1.82, 2.24) is 9.97 Å². The topological polar surface area (TPSA) is 56.0 Å². The summed E-state index contributed by atoms with van der Waals surface area (Å²) in [5.41, 5.74) is 2.87. The molecular formula is C16H12N2O2. The summed E-state index contributed by atoms with van der Waals surface area (Å²) < 4.78 is 5.33. The molecule has 0 saturated carbocycles. The van der Waals surface area contributed by atoms with Crippen molar-refractivity contribution in [3.05, 3.63) is 71.9 Å². The quantitative estimate of drug-likeness (QED) is 0.681. The van der Waals surface area contributed by atoms with Crippen LogP contribution >= 0.6 is 0 Å². The minimum absolute atomic E-state index is 0.0479. The molecule has 0 aliphatic carbocycles. The van der Waals surface area contributed by atoms with E-state index in [-0.39, 0.29) is 5.78 Å². The fourth-order valence-corrected chi connectivity index (χ4v) is 1.91. The fourth-order valence-electron chi connectivity index (χ4n) is 1.91. The normalized spacial score (nSPS) is 10.4. The molecule has 0 amide bonds. The summed E-state index contributed by atoms with van der Waals surface area (Å²) >= 11 is 0. The highest BCUT2D eigenvalue weighted by Crippen LogP contribution is 2.20. The second-order valence-electron chi connectivity index (χ2n) is 4.44. The van der Waals surface area contributed by atoms with Gasteiger partial charge in [0.1, 0.15) is 6.26 Å². The van der Waals surface area contributed by atoms with E-state index in [1.165, 1.54) is 0 Å². The number of carbonyl (C=O) groups is 1. The Hall–Kier alpha value is -2.75. The minimum atomic E-state index is -0.0479. The molecule has 0 spiro atoms. The molecular weight excluding hydrogens is 252 g/mol. The minimum Gasteiger partial charge on any atom is -0.444 e. The van der Waals surface area contributed by atoms with Crippen LogP contribution in [0.5, 0.6) is 0 Å². The zero-order chi connectivity index (χ0) is 13.9. The van der Waals surface area contributed by atoms with Crippen molar-refractivity contribution in [2.24, 2.45) is 0 Å². The van der Waals surface area contributed by atoms with Crippen LogP contribution in [0.4, 0.5) is 0 Å². The Morgan fingerprint density at radius 3 is 2.50 bits per heavy atom. The van der Waals surface area contributed by atoms with Gasteiger partial charge in [0.05, 0.1) is 5.69 Å². The average molecular weight is 264 g/mol. The van der Waals surface area contributed by atoms with Crippen molar-refractivity contribution in [3.8, 4) is 11.5 Å². The molecule has 20 heavy (non-hydrogen) atoms. The summed E-state index contributed by atoms with van der Waals surface area (Å²) in [6.45, 7) is 1.87. The third kappa shape index (κ3) is 2.36. The zero-order valence-electron chi connectivity index (χ0n) is 10.9. The number of oxazole rings is 1. The van der Waals surface area contributed by atoms with Crippen LogP contribution in [0, 0.1) is 6.92 Å². The summed E-state index contributed by atoms with van der Waals surface area (Å²) in [6.07, 6.45) is 4.81. The Morgan fingerprint density at radius 1 is 1.10 bits per heavy atom. The Bertz CT molecular complexity index is 731. The molecule has 0 radical (unpaired) electrons. The predicted octanol–water partition coefficient (Wildman–Crippen LogP) is 3.28. The maximum atomic E-state index is 12.2. The Kier molecular flexibility index (Phi) is 3.13. The molecule has 4 heteroatoms. The largest absolute Gasteiger partial charge is 0.444 e. The summed E-state index contributed by atoms with van der Waals surface area (Å²) in [5, 5.41) is 0. The van der Waals surface area contributed by atoms with Crippen LogP contribution in [0.25, 0.3) is 11.5 Å². The highest BCUT2D eigenvalue weighted by atomic mass is 16.3. The number of aromatic nitrogens is 2. The van der Waals surface area contributed by atoms with E-state index in [0.717, 1.165) is 11.3 Å². The molecule has 0 saturated heterocycles. The van der Waals surface area contributed by atoms with Crippen molar-refractivity contribution in [2.45, 2.75) is 6.92 Å². The van der Waals surface area contributed by atoms with Crippen LogP contribution in [0.3, 0.4) is 0 Å².